The third-order valence-electron chi connectivity index (χ3n) is 3.84. The second-order valence-electron chi connectivity index (χ2n) is 5.38. The predicted octanol–water partition coefficient (Wildman–Crippen LogP) is 2.45. The summed E-state index contributed by atoms with van der Waals surface area (Å²) in [4.78, 5) is 12.6. The van der Waals surface area contributed by atoms with Crippen LogP contribution in [0, 0.1) is 11.3 Å². The Kier molecular flexibility index (Phi) is 4.27. The maximum Gasteiger partial charge on any atom is 0.238 e. The minimum atomic E-state index is -0.971. The zero-order valence-electron chi connectivity index (χ0n) is 11.9. The number of amides is 1. The number of ether oxygens (including phenoxy) is 1. The number of hydrogen-bond donors (Lipinski definition) is 3. The smallest absolute Gasteiger partial charge is 0.238 e. The zero-order chi connectivity index (χ0) is 15.6. The quantitative estimate of drug-likeness (QED) is 0.344. The van der Waals surface area contributed by atoms with Crippen molar-refractivity contribution >= 4 is 29.0 Å². The van der Waals surface area contributed by atoms with Gasteiger partial charge in [-0.05, 0) is 37.0 Å². The third-order valence-corrected chi connectivity index (χ3v) is 4.07. The lowest BCUT2D eigenvalue weighted by Crippen LogP contribution is -2.54. The Hall–Kier alpha value is -1.95. The van der Waals surface area contributed by atoms with Gasteiger partial charge < -0.3 is 21.0 Å². The number of nitrogens with two attached hydrogens (primary N) is 1. The largest absolute Gasteiger partial charge is 0.495 e. The van der Waals surface area contributed by atoms with Crippen LogP contribution in [-0.2, 0) is 4.79 Å². The Balaban J connectivity index is 2.27. The fraction of sp³-hybridized carbons (Fsp3) is 0.429. The van der Waals surface area contributed by atoms with Gasteiger partial charge in [0.1, 0.15) is 11.2 Å². The minimum absolute atomic E-state index is 0.0703. The first-order chi connectivity index (χ1) is 9.92. The monoisotopic (exact) mass is 311 g/mol. The van der Waals surface area contributed by atoms with Crippen molar-refractivity contribution in [1.29, 1.82) is 0 Å². The van der Waals surface area contributed by atoms with E-state index in [4.69, 9.17) is 27.3 Å². The van der Waals surface area contributed by atoms with Gasteiger partial charge in [0.2, 0.25) is 5.91 Å². The molecule has 1 aliphatic carbocycles. The molecule has 0 atom stereocenters. The fourth-order valence-corrected chi connectivity index (χ4v) is 2.93. The first-order valence-electron chi connectivity index (χ1n) is 6.56. The molecule has 0 spiro atoms. The number of anilines is 1. The normalized spacial score (nSPS) is 25.1. The van der Waals surface area contributed by atoms with E-state index in [2.05, 4.69) is 10.5 Å². The molecule has 1 aromatic rings. The van der Waals surface area contributed by atoms with E-state index in [1.165, 1.54) is 7.11 Å². The van der Waals surface area contributed by atoms with E-state index in [1.807, 2.05) is 6.92 Å². The van der Waals surface area contributed by atoms with Gasteiger partial charge in [-0.25, -0.2) is 0 Å². The van der Waals surface area contributed by atoms with E-state index in [0.717, 1.165) is 0 Å². The number of halogens is 1. The van der Waals surface area contributed by atoms with Gasteiger partial charge in [-0.1, -0.05) is 23.7 Å². The van der Waals surface area contributed by atoms with Gasteiger partial charge in [-0.2, -0.15) is 0 Å². The van der Waals surface area contributed by atoms with E-state index in [-0.39, 0.29) is 11.7 Å². The topological polar surface area (TPSA) is 96.9 Å². The van der Waals surface area contributed by atoms with Gasteiger partial charge in [0.25, 0.3) is 0 Å². The highest BCUT2D eigenvalue weighted by molar-refractivity contribution is 6.31. The number of rotatable bonds is 4. The van der Waals surface area contributed by atoms with Crippen LogP contribution >= 0.6 is 11.6 Å². The summed E-state index contributed by atoms with van der Waals surface area (Å²) in [5.74, 6) is 0.447. The lowest BCUT2D eigenvalue weighted by molar-refractivity contribution is -0.127. The molecule has 1 aliphatic rings. The summed E-state index contributed by atoms with van der Waals surface area (Å²) in [5, 5.41) is 15.2. The average molecular weight is 312 g/mol. The van der Waals surface area contributed by atoms with Crippen LogP contribution in [0.5, 0.6) is 5.75 Å². The SMILES string of the molecule is COc1ccc(Cl)cc1NC(=O)C1(/C(N)=N/O)CC(C)C1. The molecule has 114 valence electrons. The molecular weight excluding hydrogens is 294 g/mol. The Bertz CT molecular complexity index is 583. The second-order valence-corrected chi connectivity index (χ2v) is 5.82. The molecule has 0 radical (unpaired) electrons. The van der Waals surface area contributed by atoms with Crippen molar-refractivity contribution in [2.24, 2.45) is 22.2 Å². The van der Waals surface area contributed by atoms with Gasteiger partial charge in [0.05, 0.1) is 12.8 Å². The number of hydrogen-bond acceptors (Lipinski definition) is 4. The highest BCUT2D eigenvalue weighted by Gasteiger charge is 2.52. The molecule has 0 aromatic heterocycles. The molecule has 2 rings (SSSR count). The first kappa shape index (κ1) is 15.4. The Labute approximate surface area is 127 Å². The number of benzene rings is 1. The first-order valence-corrected chi connectivity index (χ1v) is 6.93. The number of nitrogens with one attached hydrogen (secondary N) is 1. The molecular formula is C14H18ClN3O3. The number of amidine groups is 1. The molecule has 0 saturated heterocycles. The third kappa shape index (κ3) is 2.76. The highest BCUT2D eigenvalue weighted by Crippen LogP contribution is 2.46. The van der Waals surface area contributed by atoms with Crippen molar-refractivity contribution in [1.82, 2.24) is 0 Å². The summed E-state index contributed by atoms with van der Waals surface area (Å²) in [6, 6.07) is 4.93. The van der Waals surface area contributed by atoms with Gasteiger partial charge >= 0.3 is 0 Å². The van der Waals surface area contributed by atoms with Crippen molar-refractivity contribution in [3.05, 3.63) is 23.2 Å². The minimum Gasteiger partial charge on any atom is -0.495 e. The van der Waals surface area contributed by atoms with Crippen molar-refractivity contribution < 1.29 is 14.7 Å². The maximum absolute atomic E-state index is 12.6. The molecule has 21 heavy (non-hydrogen) atoms. The average Bonchev–Trinajstić information content (AvgIpc) is 2.43. The molecule has 0 unspecified atom stereocenters. The Morgan fingerprint density at radius 1 is 1.57 bits per heavy atom. The summed E-state index contributed by atoms with van der Waals surface area (Å²) in [7, 11) is 1.50. The zero-order valence-corrected chi connectivity index (χ0v) is 12.6. The van der Waals surface area contributed by atoms with Crippen molar-refractivity contribution in [3.8, 4) is 5.75 Å². The van der Waals surface area contributed by atoms with E-state index < -0.39 is 5.41 Å². The van der Waals surface area contributed by atoms with Crippen LogP contribution in [0.15, 0.2) is 23.4 Å². The number of carbonyl (C=O) groups excluding carboxylic acids is 1. The number of carbonyl (C=O) groups is 1. The molecule has 4 N–H and O–H groups in total. The van der Waals surface area contributed by atoms with Crippen LogP contribution in [-0.4, -0.2) is 24.1 Å². The van der Waals surface area contributed by atoms with Crippen molar-refractivity contribution in [2.45, 2.75) is 19.8 Å². The van der Waals surface area contributed by atoms with Gasteiger partial charge in [0, 0.05) is 5.02 Å². The maximum atomic E-state index is 12.6. The molecule has 0 aliphatic heterocycles. The van der Waals surface area contributed by atoms with E-state index in [0.29, 0.717) is 35.2 Å². The van der Waals surface area contributed by atoms with Gasteiger partial charge in [-0.15, -0.1) is 0 Å². The summed E-state index contributed by atoms with van der Waals surface area (Å²) in [5.41, 5.74) is 5.20. The highest BCUT2D eigenvalue weighted by atomic mass is 35.5. The summed E-state index contributed by atoms with van der Waals surface area (Å²) < 4.78 is 5.19. The molecule has 1 saturated carbocycles. The van der Waals surface area contributed by atoms with E-state index in [9.17, 15) is 4.79 Å². The van der Waals surface area contributed by atoms with Crippen LogP contribution in [0.3, 0.4) is 0 Å². The standard InChI is InChI=1S/C14H18ClN3O3/c1-8-6-14(7-8,12(16)18-20)13(19)17-10-5-9(15)3-4-11(10)21-2/h3-5,8,20H,6-7H2,1-2H3,(H2,16,18)(H,17,19). The Morgan fingerprint density at radius 2 is 2.24 bits per heavy atom. The van der Waals surface area contributed by atoms with Crippen LogP contribution in [0.2, 0.25) is 5.02 Å². The summed E-state index contributed by atoms with van der Waals surface area (Å²) in [6.07, 6.45) is 1.08. The molecule has 0 bridgehead atoms. The second kappa shape index (κ2) is 5.81. The van der Waals surface area contributed by atoms with Crippen molar-refractivity contribution in [3.63, 3.8) is 0 Å². The van der Waals surface area contributed by atoms with Crippen LogP contribution in [0.25, 0.3) is 0 Å². The Morgan fingerprint density at radius 3 is 2.76 bits per heavy atom. The fourth-order valence-electron chi connectivity index (χ4n) is 2.76. The summed E-state index contributed by atoms with van der Waals surface area (Å²) >= 11 is 5.94. The van der Waals surface area contributed by atoms with E-state index in [1.54, 1.807) is 18.2 Å². The molecule has 6 nitrogen and oxygen atoms in total. The number of methoxy groups -OCH3 is 1. The molecule has 7 heteroatoms. The van der Waals surface area contributed by atoms with Crippen LogP contribution in [0.4, 0.5) is 5.69 Å². The van der Waals surface area contributed by atoms with Crippen LogP contribution < -0.4 is 15.8 Å². The van der Waals surface area contributed by atoms with E-state index >= 15 is 0 Å². The lowest BCUT2D eigenvalue weighted by Gasteiger charge is -2.43. The molecule has 1 fully saturated rings. The molecule has 1 amide bonds. The van der Waals surface area contributed by atoms with Crippen LogP contribution in [0.1, 0.15) is 19.8 Å². The number of nitrogens with zero attached hydrogens (tertiary/aromatic N) is 1. The molecule has 1 aromatic carbocycles. The van der Waals surface area contributed by atoms with Gasteiger partial charge in [-0.3, -0.25) is 4.79 Å². The lowest BCUT2D eigenvalue weighted by atomic mass is 9.61. The molecule has 0 heterocycles. The predicted molar refractivity (Wildman–Crippen MR) is 80.9 cm³/mol. The number of oxime groups is 1. The van der Waals surface area contributed by atoms with Gasteiger partial charge in [0.15, 0.2) is 5.84 Å². The summed E-state index contributed by atoms with van der Waals surface area (Å²) in [6.45, 7) is 2.01. The van der Waals surface area contributed by atoms with Crippen molar-refractivity contribution in [2.75, 3.05) is 12.4 Å².